The summed E-state index contributed by atoms with van der Waals surface area (Å²) < 4.78 is 5.17. The molecule has 21 heavy (non-hydrogen) atoms. The fourth-order valence-electron chi connectivity index (χ4n) is 2.93. The zero-order chi connectivity index (χ0) is 15.2. The number of methoxy groups -OCH3 is 1. The van der Waals surface area contributed by atoms with Gasteiger partial charge in [-0.1, -0.05) is 38.8 Å². The SMILES string of the molecule is COc1cccc(/C=C/C(=O)N[C@H]2CCC[C@H](C)[C@H]2C)c1. The van der Waals surface area contributed by atoms with Crippen molar-refractivity contribution in [3.05, 3.63) is 35.9 Å². The molecule has 0 radical (unpaired) electrons. The summed E-state index contributed by atoms with van der Waals surface area (Å²) in [4.78, 5) is 12.1. The Labute approximate surface area is 127 Å². The first-order chi connectivity index (χ1) is 10.1. The molecule has 3 nitrogen and oxygen atoms in total. The second-order valence-electron chi connectivity index (χ2n) is 5.99. The number of rotatable bonds is 4. The normalized spacial score (nSPS) is 25.8. The van der Waals surface area contributed by atoms with E-state index in [4.69, 9.17) is 4.74 Å². The van der Waals surface area contributed by atoms with E-state index >= 15 is 0 Å². The van der Waals surface area contributed by atoms with Crippen molar-refractivity contribution in [3.8, 4) is 5.75 Å². The molecule has 1 saturated carbocycles. The lowest BCUT2D eigenvalue weighted by Gasteiger charge is -2.34. The number of nitrogens with one attached hydrogen (secondary N) is 1. The third-order valence-electron chi connectivity index (χ3n) is 4.56. The highest BCUT2D eigenvalue weighted by Gasteiger charge is 2.27. The maximum atomic E-state index is 12.1. The number of amides is 1. The zero-order valence-corrected chi connectivity index (χ0v) is 13.1. The third kappa shape index (κ3) is 4.35. The molecule has 1 aliphatic carbocycles. The van der Waals surface area contributed by atoms with Gasteiger partial charge in [-0.05, 0) is 42.0 Å². The van der Waals surface area contributed by atoms with Crippen LogP contribution in [0.25, 0.3) is 6.08 Å². The Morgan fingerprint density at radius 1 is 1.33 bits per heavy atom. The van der Waals surface area contributed by atoms with Gasteiger partial charge in [0.2, 0.25) is 5.91 Å². The van der Waals surface area contributed by atoms with Crippen LogP contribution in [-0.2, 0) is 4.79 Å². The van der Waals surface area contributed by atoms with Crippen LogP contribution in [0.3, 0.4) is 0 Å². The number of carbonyl (C=O) groups excluding carboxylic acids is 1. The van der Waals surface area contributed by atoms with Crippen LogP contribution in [0.1, 0.15) is 38.7 Å². The second-order valence-corrected chi connectivity index (χ2v) is 5.99. The summed E-state index contributed by atoms with van der Waals surface area (Å²) in [5.41, 5.74) is 0.967. The topological polar surface area (TPSA) is 38.3 Å². The van der Waals surface area contributed by atoms with Gasteiger partial charge in [-0.25, -0.2) is 0 Å². The molecule has 0 heterocycles. The quantitative estimate of drug-likeness (QED) is 0.858. The standard InChI is InChI=1S/C18H25NO2/c1-13-6-4-9-17(14(13)2)19-18(20)11-10-15-7-5-8-16(12-15)21-3/h5,7-8,10-14,17H,4,6,9H2,1-3H3,(H,19,20)/b11-10+/t13-,14+,17-/m0/s1. The summed E-state index contributed by atoms with van der Waals surface area (Å²) in [6.07, 6.45) is 7.00. The van der Waals surface area contributed by atoms with E-state index in [0.29, 0.717) is 17.9 Å². The van der Waals surface area contributed by atoms with Crippen LogP contribution in [0.15, 0.2) is 30.3 Å². The molecule has 1 amide bonds. The molecule has 0 saturated heterocycles. The molecule has 0 unspecified atom stereocenters. The van der Waals surface area contributed by atoms with Crippen LogP contribution < -0.4 is 10.1 Å². The molecule has 1 fully saturated rings. The maximum Gasteiger partial charge on any atom is 0.244 e. The van der Waals surface area contributed by atoms with Crippen molar-refractivity contribution in [2.45, 2.75) is 39.2 Å². The van der Waals surface area contributed by atoms with E-state index in [1.807, 2.05) is 30.3 Å². The molecule has 3 atom stereocenters. The summed E-state index contributed by atoms with van der Waals surface area (Å²) in [5, 5.41) is 3.14. The van der Waals surface area contributed by atoms with Gasteiger partial charge in [0.25, 0.3) is 0 Å². The van der Waals surface area contributed by atoms with Crippen molar-refractivity contribution < 1.29 is 9.53 Å². The minimum absolute atomic E-state index is 0.0104. The van der Waals surface area contributed by atoms with E-state index < -0.39 is 0 Å². The Balaban J connectivity index is 1.93. The Morgan fingerprint density at radius 3 is 2.90 bits per heavy atom. The lowest BCUT2D eigenvalue weighted by atomic mass is 9.78. The third-order valence-corrected chi connectivity index (χ3v) is 4.56. The summed E-state index contributed by atoms with van der Waals surface area (Å²) >= 11 is 0. The van der Waals surface area contributed by atoms with Gasteiger partial charge < -0.3 is 10.1 Å². The van der Waals surface area contributed by atoms with Gasteiger partial charge in [0.1, 0.15) is 5.75 Å². The summed E-state index contributed by atoms with van der Waals surface area (Å²) in [6.45, 7) is 4.51. The van der Waals surface area contributed by atoms with Crippen molar-refractivity contribution in [2.24, 2.45) is 11.8 Å². The van der Waals surface area contributed by atoms with Crippen LogP contribution in [0.4, 0.5) is 0 Å². The molecule has 1 aromatic carbocycles. The Bertz CT molecular complexity index is 510. The highest BCUT2D eigenvalue weighted by Crippen LogP contribution is 2.29. The number of ether oxygens (including phenoxy) is 1. The van der Waals surface area contributed by atoms with Gasteiger partial charge in [0.15, 0.2) is 0 Å². The molecule has 1 aromatic rings. The zero-order valence-electron chi connectivity index (χ0n) is 13.1. The predicted molar refractivity (Wildman–Crippen MR) is 86.1 cm³/mol. The van der Waals surface area contributed by atoms with Gasteiger partial charge in [-0.2, -0.15) is 0 Å². The van der Waals surface area contributed by atoms with Crippen LogP contribution in [0, 0.1) is 11.8 Å². The van der Waals surface area contributed by atoms with E-state index in [2.05, 4.69) is 19.2 Å². The van der Waals surface area contributed by atoms with Crippen molar-refractivity contribution in [3.63, 3.8) is 0 Å². The van der Waals surface area contributed by atoms with Crippen LogP contribution >= 0.6 is 0 Å². The van der Waals surface area contributed by atoms with Gasteiger partial charge in [-0.3, -0.25) is 4.79 Å². The van der Waals surface area contributed by atoms with Crippen LogP contribution in [-0.4, -0.2) is 19.1 Å². The van der Waals surface area contributed by atoms with E-state index in [9.17, 15) is 4.79 Å². The first-order valence-electron chi connectivity index (χ1n) is 7.73. The Hall–Kier alpha value is -1.77. The number of carbonyl (C=O) groups is 1. The summed E-state index contributed by atoms with van der Waals surface area (Å²) in [6, 6.07) is 7.98. The highest BCUT2D eigenvalue weighted by atomic mass is 16.5. The van der Waals surface area contributed by atoms with Crippen LogP contribution in [0.2, 0.25) is 0 Å². The minimum Gasteiger partial charge on any atom is -0.497 e. The van der Waals surface area contributed by atoms with E-state index in [1.54, 1.807) is 13.2 Å². The molecular formula is C18H25NO2. The summed E-state index contributed by atoms with van der Waals surface area (Å²) in [5.74, 6) is 2.02. The minimum atomic E-state index is -0.0104. The Kier molecular flexibility index (Phi) is 5.43. The molecule has 114 valence electrons. The number of hydrogen-bond donors (Lipinski definition) is 1. The predicted octanol–water partition coefficient (Wildman–Crippen LogP) is 3.65. The second kappa shape index (κ2) is 7.30. The molecule has 3 heteroatoms. The fraction of sp³-hybridized carbons (Fsp3) is 0.500. The van der Waals surface area contributed by atoms with Gasteiger partial charge >= 0.3 is 0 Å². The Morgan fingerprint density at radius 2 is 2.14 bits per heavy atom. The highest BCUT2D eigenvalue weighted by molar-refractivity contribution is 5.92. The fourth-order valence-corrected chi connectivity index (χ4v) is 2.93. The molecule has 1 N–H and O–H groups in total. The van der Waals surface area contributed by atoms with Crippen molar-refractivity contribution in [2.75, 3.05) is 7.11 Å². The maximum absolute atomic E-state index is 12.1. The lowest BCUT2D eigenvalue weighted by molar-refractivity contribution is -0.117. The van der Waals surface area contributed by atoms with E-state index in [1.165, 1.54) is 12.8 Å². The molecule has 0 aromatic heterocycles. The van der Waals surface area contributed by atoms with Crippen molar-refractivity contribution in [1.82, 2.24) is 5.32 Å². The van der Waals surface area contributed by atoms with E-state index in [-0.39, 0.29) is 5.91 Å². The average Bonchev–Trinajstić information content (AvgIpc) is 2.50. The smallest absolute Gasteiger partial charge is 0.244 e. The molecule has 1 aliphatic rings. The van der Waals surface area contributed by atoms with Crippen molar-refractivity contribution >= 4 is 12.0 Å². The molecule has 2 rings (SSSR count). The van der Waals surface area contributed by atoms with Gasteiger partial charge in [0, 0.05) is 12.1 Å². The number of hydrogen-bond acceptors (Lipinski definition) is 2. The van der Waals surface area contributed by atoms with Gasteiger partial charge in [0.05, 0.1) is 7.11 Å². The van der Waals surface area contributed by atoms with Crippen molar-refractivity contribution in [1.29, 1.82) is 0 Å². The first-order valence-corrected chi connectivity index (χ1v) is 7.73. The summed E-state index contributed by atoms with van der Waals surface area (Å²) in [7, 11) is 1.64. The van der Waals surface area contributed by atoms with E-state index in [0.717, 1.165) is 17.7 Å². The average molecular weight is 287 g/mol. The van der Waals surface area contributed by atoms with Crippen LogP contribution in [0.5, 0.6) is 5.75 Å². The molecular weight excluding hydrogens is 262 g/mol. The molecule has 0 bridgehead atoms. The first kappa shape index (κ1) is 15.6. The monoisotopic (exact) mass is 287 g/mol. The van der Waals surface area contributed by atoms with Gasteiger partial charge in [-0.15, -0.1) is 0 Å². The number of benzene rings is 1. The largest absolute Gasteiger partial charge is 0.497 e. The lowest BCUT2D eigenvalue weighted by Crippen LogP contribution is -2.43. The molecule has 0 spiro atoms. The molecule has 0 aliphatic heterocycles.